The van der Waals surface area contributed by atoms with E-state index in [4.69, 9.17) is 0 Å². The quantitative estimate of drug-likeness (QED) is 0.458. The van der Waals surface area contributed by atoms with Crippen LogP contribution in [-0.4, -0.2) is 18.0 Å². The van der Waals surface area contributed by atoms with Crippen molar-refractivity contribution in [3.8, 4) is 0 Å². The van der Waals surface area contributed by atoms with Crippen molar-refractivity contribution in [3.63, 3.8) is 0 Å². The van der Waals surface area contributed by atoms with E-state index in [-0.39, 0.29) is 10.6 Å². The molecule has 98 valence electrons. The average Bonchev–Trinajstić information content (AvgIpc) is 3.19. The number of benzene rings is 1. The second-order valence-corrected chi connectivity index (χ2v) is 5.19. The SMILES string of the molecule is CC(CNCCc1ccc([N+](=O)[O-])cc1)C1CC1. The molecule has 1 N–H and O–H groups in total. The fourth-order valence-electron chi connectivity index (χ4n) is 2.18. The normalized spacial score (nSPS) is 16.5. The first kappa shape index (κ1) is 13.0. The van der Waals surface area contributed by atoms with Crippen LogP contribution in [0.3, 0.4) is 0 Å². The molecule has 18 heavy (non-hydrogen) atoms. The molecule has 1 unspecified atom stereocenters. The lowest BCUT2D eigenvalue weighted by molar-refractivity contribution is -0.384. The van der Waals surface area contributed by atoms with E-state index in [1.54, 1.807) is 12.1 Å². The average molecular weight is 248 g/mol. The lowest BCUT2D eigenvalue weighted by Crippen LogP contribution is -2.24. The summed E-state index contributed by atoms with van der Waals surface area (Å²) < 4.78 is 0. The summed E-state index contributed by atoms with van der Waals surface area (Å²) in [5.74, 6) is 1.72. The maximum absolute atomic E-state index is 10.5. The van der Waals surface area contributed by atoms with Gasteiger partial charge in [-0.1, -0.05) is 19.1 Å². The van der Waals surface area contributed by atoms with Crippen molar-refractivity contribution in [1.29, 1.82) is 0 Å². The van der Waals surface area contributed by atoms with Crippen LogP contribution in [0.25, 0.3) is 0 Å². The molecule has 1 aliphatic carbocycles. The highest BCUT2D eigenvalue weighted by atomic mass is 16.6. The molecule has 0 spiro atoms. The van der Waals surface area contributed by atoms with Crippen LogP contribution >= 0.6 is 0 Å². The summed E-state index contributed by atoms with van der Waals surface area (Å²) in [6.07, 6.45) is 3.71. The third-order valence-corrected chi connectivity index (χ3v) is 3.63. The highest BCUT2D eigenvalue weighted by Gasteiger charge is 2.27. The molecule has 0 heterocycles. The van der Waals surface area contributed by atoms with Gasteiger partial charge in [-0.05, 0) is 49.8 Å². The van der Waals surface area contributed by atoms with E-state index in [1.807, 2.05) is 12.1 Å². The third kappa shape index (κ3) is 3.81. The fourth-order valence-corrected chi connectivity index (χ4v) is 2.18. The molecule has 1 aromatic rings. The van der Waals surface area contributed by atoms with Crippen molar-refractivity contribution < 1.29 is 4.92 Å². The minimum Gasteiger partial charge on any atom is -0.316 e. The van der Waals surface area contributed by atoms with Crippen molar-refractivity contribution in [2.75, 3.05) is 13.1 Å². The topological polar surface area (TPSA) is 55.2 Å². The van der Waals surface area contributed by atoms with Gasteiger partial charge in [0.2, 0.25) is 0 Å². The Morgan fingerprint density at radius 3 is 2.61 bits per heavy atom. The maximum Gasteiger partial charge on any atom is 0.269 e. The molecule has 0 amide bonds. The number of rotatable bonds is 7. The zero-order valence-corrected chi connectivity index (χ0v) is 10.8. The smallest absolute Gasteiger partial charge is 0.269 e. The highest BCUT2D eigenvalue weighted by Crippen LogP contribution is 2.35. The number of nitro benzene ring substituents is 1. The van der Waals surface area contributed by atoms with E-state index in [1.165, 1.54) is 12.8 Å². The van der Waals surface area contributed by atoms with Crippen molar-refractivity contribution in [1.82, 2.24) is 5.32 Å². The van der Waals surface area contributed by atoms with Crippen LogP contribution < -0.4 is 5.32 Å². The van der Waals surface area contributed by atoms with Crippen LogP contribution in [0.5, 0.6) is 0 Å². The van der Waals surface area contributed by atoms with Crippen molar-refractivity contribution in [2.24, 2.45) is 11.8 Å². The van der Waals surface area contributed by atoms with Crippen LogP contribution in [0.2, 0.25) is 0 Å². The number of nitrogens with one attached hydrogen (secondary N) is 1. The molecule has 1 saturated carbocycles. The minimum atomic E-state index is -0.362. The molecule has 1 atom stereocenters. The molecule has 1 fully saturated rings. The van der Waals surface area contributed by atoms with Crippen LogP contribution in [0.15, 0.2) is 24.3 Å². The van der Waals surface area contributed by atoms with E-state index in [0.29, 0.717) is 0 Å². The number of non-ortho nitro benzene ring substituents is 1. The van der Waals surface area contributed by atoms with E-state index >= 15 is 0 Å². The second kappa shape index (κ2) is 5.96. The van der Waals surface area contributed by atoms with E-state index in [2.05, 4.69) is 12.2 Å². The van der Waals surface area contributed by atoms with Crippen molar-refractivity contribution in [2.45, 2.75) is 26.2 Å². The first-order valence-corrected chi connectivity index (χ1v) is 6.61. The van der Waals surface area contributed by atoms with Gasteiger partial charge in [0.05, 0.1) is 4.92 Å². The predicted molar refractivity (Wildman–Crippen MR) is 71.6 cm³/mol. The Hall–Kier alpha value is -1.42. The molecule has 1 aromatic carbocycles. The van der Waals surface area contributed by atoms with Crippen molar-refractivity contribution in [3.05, 3.63) is 39.9 Å². The molecule has 0 saturated heterocycles. The first-order valence-electron chi connectivity index (χ1n) is 6.61. The van der Waals surface area contributed by atoms with Gasteiger partial charge in [-0.2, -0.15) is 0 Å². The zero-order valence-electron chi connectivity index (χ0n) is 10.8. The molecular weight excluding hydrogens is 228 g/mol. The third-order valence-electron chi connectivity index (χ3n) is 3.63. The Morgan fingerprint density at radius 1 is 1.39 bits per heavy atom. The summed E-state index contributed by atoms with van der Waals surface area (Å²) in [6, 6.07) is 6.82. The minimum absolute atomic E-state index is 0.161. The Labute approximate surface area is 108 Å². The molecular formula is C14H20N2O2. The van der Waals surface area contributed by atoms with Crippen molar-refractivity contribution >= 4 is 5.69 Å². The number of hydrogen-bond donors (Lipinski definition) is 1. The van der Waals surface area contributed by atoms with Gasteiger partial charge in [0.15, 0.2) is 0 Å². The molecule has 4 heteroatoms. The van der Waals surface area contributed by atoms with E-state index in [9.17, 15) is 10.1 Å². The van der Waals surface area contributed by atoms with Crippen LogP contribution in [0, 0.1) is 22.0 Å². The summed E-state index contributed by atoms with van der Waals surface area (Å²) >= 11 is 0. The van der Waals surface area contributed by atoms with Crippen LogP contribution in [0.4, 0.5) is 5.69 Å². The Kier molecular flexibility index (Phi) is 4.31. The van der Waals surface area contributed by atoms with Gasteiger partial charge in [-0.3, -0.25) is 10.1 Å². The zero-order chi connectivity index (χ0) is 13.0. The predicted octanol–water partition coefficient (Wildman–Crippen LogP) is 2.77. The summed E-state index contributed by atoms with van der Waals surface area (Å²) in [4.78, 5) is 10.1. The lowest BCUT2D eigenvalue weighted by atomic mass is 10.1. The van der Waals surface area contributed by atoms with E-state index < -0.39 is 0 Å². The second-order valence-electron chi connectivity index (χ2n) is 5.19. The summed E-state index contributed by atoms with van der Waals surface area (Å²) in [7, 11) is 0. The van der Waals surface area contributed by atoms with Gasteiger partial charge in [-0.15, -0.1) is 0 Å². The Balaban J connectivity index is 1.67. The standard InChI is InChI=1S/C14H20N2O2/c1-11(13-4-5-13)10-15-9-8-12-2-6-14(7-3-12)16(17)18/h2-3,6-7,11,13,15H,4-5,8-10H2,1H3. The summed E-state index contributed by atoms with van der Waals surface area (Å²) in [5, 5.41) is 14.0. The monoisotopic (exact) mass is 248 g/mol. The number of nitro groups is 1. The lowest BCUT2D eigenvalue weighted by Gasteiger charge is -2.11. The summed E-state index contributed by atoms with van der Waals surface area (Å²) in [6.45, 7) is 4.32. The van der Waals surface area contributed by atoms with Gasteiger partial charge in [0.25, 0.3) is 5.69 Å². The van der Waals surface area contributed by atoms with Gasteiger partial charge in [0.1, 0.15) is 0 Å². The summed E-state index contributed by atoms with van der Waals surface area (Å²) in [5.41, 5.74) is 1.31. The fraction of sp³-hybridized carbons (Fsp3) is 0.571. The van der Waals surface area contributed by atoms with Crippen LogP contribution in [0.1, 0.15) is 25.3 Å². The van der Waals surface area contributed by atoms with Gasteiger partial charge in [-0.25, -0.2) is 0 Å². The molecule has 2 rings (SSSR count). The van der Waals surface area contributed by atoms with Gasteiger partial charge < -0.3 is 5.32 Å². The Morgan fingerprint density at radius 2 is 2.06 bits per heavy atom. The molecule has 0 radical (unpaired) electrons. The molecule has 1 aliphatic rings. The molecule has 0 bridgehead atoms. The van der Waals surface area contributed by atoms with Gasteiger partial charge >= 0.3 is 0 Å². The Bertz CT molecular complexity index is 399. The number of nitrogens with zero attached hydrogens (tertiary/aromatic N) is 1. The van der Waals surface area contributed by atoms with E-state index in [0.717, 1.165) is 36.9 Å². The number of hydrogen-bond acceptors (Lipinski definition) is 3. The molecule has 4 nitrogen and oxygen atoms in total. The van der Waals surface area contributed by atoms with Crippen LogP contribution in [-0.2, 0) is 6.42 Å². The molecule has 0 aliphatic heterocycles. The first-order chi connectivity index (χ1) is 8.66. The highest BCUT2D eigenvalue weighted by molar-refractivity contribution is 5.32. The maximum atomic E-state index is 10.5. The largest absolute Gasteiger partial charge is 0.316 e. The van der Waals surface area contributed by atoms with Gasteiger partial charge in [0, 0.05) is 12.1 Å². The molecule has 0 aromatic heterocycles.